The van der Waals surface area contributed by atoms with Crippen LogP contribution in [-0.2, 0) is 6.42 Å². The van der Waals surface area contributed by atoms with E-state index in [0.29, 0.717) is 48.1 Å². The van der Waals surface area contributed by atoms with Crippen molar-refractivity contribution in [3.05, 3.63) is 59.2 Å². The molecule has 1 atom stereocenters. The number of nitrogens with zero attached hydrogens (tertiary/aromatic N) is 1. The van der Waals surface area contributed by atoms with Gasteiger partial charge in [-0.15, -0.1) is 24.0 Å². The zero-order chi connectivity index (χ0) is 21.2. The number of nitrogens with one attached hydrogen (secondary N) is 2. The Labute approximate surface area is 192 Å². The molecule has 2 aromatic carbocycles. The van der Waals surface area contributed by atoms with Crippen molar-refractivity contribution in [3.8, 4) is 11.5 Å². The van der Waals surface area contributed by atoms with E-state index in [4.69, 9.17) is 9.47 Å². The Hall–Kier alpha value is -2.14. The van der Waals surface area contributed by atoms with Crippen molar-refractivity contribution in [1.29, 1.82) is 0 Å². The van der Waals surface area contributed by atoms with Crippen LogP contribution in [0.3, 0.4) is 0 Å². The molecule has 2 rings (SSSR count). The highest BCUT2D eigenvalue weighted by molar-refractivity contribution is 14.0. The lowest BCUT2D eigenvalue weighted by Gasteiger charge is -2.15. The third-order valence-corrected chi connectivity index (χ3v) is 4.25. The van der Waals surface area contributed by atoms with Gasteiger partial charge in [-0.2, -0.15) is 0 Å². The van der Waals surface area contributed by atoms with Gasteiger partial charge in [-0.3, -0.25) is 4.99 Å². The number of rotatable bonds is 9. The molecule has 0 aliphatic heterocycles. The molecule has 0 saturated heterocycles. The van der Waals surface area contributed by atoms with Gasteiger partial charge in [0.05, 0.1) is 26.9 Å². The number of guanidine groups is 1. The average Bonchev–Trinajstić information content (AvgIpc) is 2.73. The molecule has 3 N–H and O–H groups in total. The van der Waals surface area contributed by atoms with Crippen LogP contribution in [0.15, 0.2) is 41.4 Å². The van der Waals surface area contributed by atoms with Crippen molar-refractivity contribution in [1.82, 2.24) is 10.6 Å². The van der Waals surface area contributed by atoms with Gasteiger partial charge in [-0.25, -0.2) is 8.78 Å². The van der Waals surface area contributed by atoms with E-state index in [1.807, 2.05) is 6.92 Å². The third-order valence-electron chi connectivity index (χ3n) is 4.25. The third kappa shape index (κ3) is 7.60. The maximum absolute atomic E-state index is 13.7. The number of halogens is 3. The van der Waals surface area contributed by atoms with E-state index in [1.54, 1.807) is 25.3 Å². The summed E-state index contributed by atoms with van der Waals surface area (Å²) in [6.07, 6.45) is -0.544. The minimum Gasteiger partial charge on any atom is -0.493 e. The van der Waals surface area contributed by atoms with Crippen LogP contribution >= 0.6 is 24.0 Å². The first-order valence-electron chi connectivity index (χ1n) is 9.34. The molecule has 0 aromatic heterocycles. The number of aliphatic imine (C=N–C) groups is 1. The maximum atomic E-state index is 13.7. The molecule has 0 aliphatic rings. The highest BCUT2D eigenvalue weighted by Gasteiger charge is 2.12. The predicted octanol–water partition coefficient (Wildman–Crippen LogP) is 3.43. The van der Waals surface area contributed by atoms with Crippen LogP contribution in [0.1, 0.15) is 24.2 Å². The molecule has 9 heteroatoms. The van der Waals surface area contributed by atoms with Gasteiger partial charge in [0.2, 0.25) is 0 Å². The monoisotopic (exact) mass is 535 g/mol. The molecule has 2 aromatic rings. The molecule has 166 valence electrons. The minimum atomic E-state index is -0.842. The number of hydrogen-bond acceptors (Lipinski definition) is 4. The van der Waals surface area contributed by atoms with Crippen LogP contribution in [0.25, 0.3) is 0 Å². The average molecular weight is 535 g/mol. The van der Waals surface area contributed by atoms with E-state index in [1.165, 1.54) is 13.2 Å². The lowest BCUT2D eigenvalue weighted by atomic mass is 10.1. The van der Waals surface area contributed by atoms with E-state index in [0.717, 1.165) is 12.1 Å². The van der Waals surface area contributed by atoms with Crippen molar-refractivity contribution in [2.45, 2.75) is 19.4 Å². The first-order valence-corrected chi connectivity index (χ1v) is 9.34. The Bertz CT molecular complexity index is 837. The minimum absolute atomic E-state index is 0. The standard InChI is InChI=1S/C21H27F2N3O3.HI/c1-4-24-21(25-10-9-14-11-16(22)6-7-17(14)23)26-13-18(27)15-5-8-19(28-2)20(12-15)29-3;/h5-8,11-12,18,27H,4,9-10,13H2,1-3H3,(H2,24,25,26);1H. The summed E-state index contributed by atoms with van der Waals surface area (Å²) < 4.78 is 37.4. The van der Waals surface area contributed by atoms with Crippen LogP contribution in [-0.4, -0.2) is 44.9 Å². The molecule has 0 aliphatic carbocycles. The summed E-state index contributed by atoms with van der Waals surface area (Å²) in [4.78, 5) is 4.36. The molecule has 0 radical (unpaired) electrons. The Morgan fingerprint density at radius 3 is 2.47 bits per heavy atom. The van der Waals surface area contributed by atoms with E-state index >= 15 is 0 Å². The van der Waals surface area contributed by atoms with Gasteiger partial charge in [0.25, 0.3) is 0 Å². The van der Waals surface area contributed by atoms with Crippen LogP contribution in [0.5, 0.6) is 11.5 Å². The molecular weight excluding hydrogens is 507 g/mol. The fourth-order valence-electron chi connectivity index (χ4n) is 2.74. The summed E-state index contributed by atoms with van der Waals surface area (Å²) in [6.45, 7) is 3.00. The molecule has 1 unspecified atom stereocenters. The van der Waals surface area contributed by atoms with Crippen molar-refractivity contribution in [2.75, 3.05) is 33.9 Å². The van der Waals surface area contributed by atoms with Gasteiger partial charge >= 0.3 is 0 Å². The zero-order valence-corrected chi connectivity index (χ0v) is 19.6. The number of hydrogen-bond donors (Lipinski definition) is 3. The summed E-state index contributed by atoms with van der Waals surface area (Å²) in [6, 6.07) is 8.55. The second-order valence-corrected chi connectivity index (χ2v) is 6.26. The van der Waals surface area contributed by atoms with Crippen LogP contribution in [0.2, 0.25) is 0 Å². The number of aliphatic hydroxyl groups excluding tert-OH is 1. The van der Waals surface area contributed by atoms with Gasteiger partial charge in [0.1, 0.15) is 11.6 Å². The Morgan fingerprint density at radius 1 is 1.07 bits per heavy atom. The van der Waals surface area contributed by atoms with Crippen LogP contribution in [0, 0.1) is 11.6 Å². The fraction of sp³-hybridized carbons (Fsp3) is 0.381. The summed E-state index contributed by atoms with van der Waals surface area (Å²) in [7, 11) is 3.07. The lowest BCUT2D eigenvalue weighted by molar-refractivity contribution is 0.186. The molecule has 0 spiro atoms. The van der Waals surface area contributed by atoms with Gasteiger partial charge in [0, 0.05) is 13.1 Å². The molecule has 6 nitrogen and oxygen atoms in total. The summed E-state index contributed by atoms with van der Waals surface area (Å²) >= 11 is 0. The molecule has 0 amide bonds. The molecule has 0 saturated carbocycles. The molecular formula is C21H28F2IN3O3. The van der Waals surface area contributed by atoms with Gasteiger partial charge < -0.3 is 25.2 Å². The summed E-state index contributed by atoms with van der Waals surface area (Å²) in [5, 5.41) is 16.6. The zero-order valence-electron chi connectivity index (χ0n) is 17.2. The van der Waals surface area contributed by atoms with E-state index in [9.17, 15) is 13.9 Å². The topological polar surface area (TPSA) is 75.1 Å². The first-order chi connectivity index (χ1) is 14.0. The van der Waals surface area contributed by atoms with Crippen LogP contribution in [0.4, 0.5) is 8.78 Å². The number of ether oxygens (including phenoxy) is 2. The number of aliphatic hydroxyl groups is 1. The van der Waals surface area contributed by atoms with Crippen molar-refractivity contribution in [3.63, 3.8) is 0 Å². The quantitative estimate of drug-likeness (QED) is 0.261. The Morgan fingerprint density at radius 2 is 1.80 bits per heavy atom. The number of methoxy groups -OCH3 is 2. The fourth-order valence-corrected chi connectivity index (χ4v) is 2.74. The molecule has 0 heterocycles. The SMILES string of the molecule is CCNC(=NCC(O)c1ccc(OC)c(OC)c1)NCCc1cc(F)ccc1F.I. The second-order valence-electron chi connectivity index (χ2n) is 6.26. The largest absolute Gasteiger partial charge is 0.493 e. The molecule has 0 bridgehead atoms. The smallest absolute Gasteiger partial charge is 0.191 e. The van der Waals surface area contributed by atoms with E-state index < -0.39 is 17.7 Å². The van der Waals surface area contributed by atoms with Gasteiger partial charge in [0.15, 0.2) is 17.5 Å². The molecule has 30 heavy (non-hydrogen) atoms. The van der Waals surface area contributed by atoms with E-state index in [2.05, 4.69) is 15.6 Å². The van der Waals surface area contributed by atoms with Gasteiger partial charge in [-0.05, 0) is 54.8 Å². The predicted molar refractivity (Wildman–Crippen MR) is 124 cm³/mol. The highest BCUT2D eigenvalue weighted by atomic mass is 127. The Kier molecular flexibility index (Phi) is 11.4. The number of benzene rings is 2. The van der Waals surface area contributed by atoms with Crippen LogP contribution < -0.4 is 20.1 Å². The van der Waals surface area contributed by atoms with Crippen molar-refractivity contribution >= 4 is 29.9 Å². The maximum Gasteiger partial charge on any atom is 0.191 e. The van der Waals surface area contributed by atoms with Crippen molar-refractivity contribution in [2.24, 2.45) is 4.99 Å². The van der Waals surface area contributed by atoms with Gasteiger partial charge in [-0.1, -0.05) is 6.07 Å². The summed E-state index contributed by atoms with van der Waals surface area (Å²) in [5.41, 5.74) is 0.933. The van der Waals surface area contributed by atoms with E-state index in [-0.39, 0.29) is 30.5 Å². The normalized spacial score (nSPS) is 12.0. The second kappa shape index (κ2) is 13.2. The lowest BCUT2D eigenvalue weighted by Crippen LogP contribution is -2.38. The Balaban J connectivity index is 0.00000450. The first kappa shape index (κ1) is 25.9. The molecule has 0 fully saturated rings. The highest BCUT2D eigenvalue weighted by Crippen LogP contribution is 2.30. The van der Waals surface area contributed by atoms with Crippen molar-refractivity contribution < 1.29 is 23.4 Å². The summed E-state index contributed by atoms with van der Waals surface area (Å²) in [5.74, 6) is 0.657.